The molecule has 9 nitrogen and oxygen atoms in total. The SMILES string of the molecule is COc1cc2c(cc1C(=O)N1CCC(Cc3ccc(F)cc3)CC1)n(C(=O)C(=O)N1C[C@@H](C)OC[C@@H]1C)c[n+]2C. The maximum atomic E-state index is 13.7. The number of likely N-dealkylation sites (tertiary alicyclic amines) is 1. The van der Waals surface area contributed by atoms with E-state index in [4.69, 9.17) is 9.47 Å². The number of morpholine rings is 1. The van der Waals surface area contributed by atoms with E-state index in [0.717, 1.165) is 24.8 Å². The molecule has 0 radical (unpaired) electrons. The molecule has 5 rings (SSSR count). The Labute approximate surface area is 233 Å². The van der Waals surface area contributed by atoms with E-state index in [1.807, 2.05) is 30.9 Å². The minimum atomic E-state index is -0.684. The van der Waals surface area contributed by atoms with Crippen LogP contribution in [0.3, 0.4) is 0 Å². The van der Waals surface area contributed by atoms with E-state index in [9.17, 15) is 18.8 Å². The highest BCUT2D eigenvalue weighted by atomic mass is 19.1. The van der Waals surface area contributed by atoms with Gasteiger partial charge in [-0.1, -0.05) is 12.1 Å². The van der Waals surface area contributed by atoms with Crippen LogP contribution < -0.4 is 9.30 Å². The number of ether oxygens (including phenoxy) is 2. The molecule has 2 aliphatic heterocycles. The normalized spacial score (nSPS) is 20.1. The fourth-order valence-electron chi connectivity index (χ4n) is 5.71. The summed E-state index contributed by atoms with van der Waals surface area (Å²) in [4.78, 5) is 43.7. The number of amides is 2. The second-order valence-electron chi connectivity index (χ2n) is 11.0. The third-order valence-corrected chi connectivity index (χ3v) is 8.07. The second-order valence-corrected chi connectivity index (χ2v) is 11.0. The van der Waals surface area contributed by atoms with E-state index in [1.54, 1.807) is 35.0 Å². The number of imidazole rings is 1. The van der Waals surface area contributed by atoms with Gasteiger partial charge in [0.05, 0.1) is 38.5 Å². The fraction of sp³-hybridized carbons (Fsp3) is 0.467. The van der Waals surface area contributed by atoms with Gasteiger partial charge in [0.25, 0.3) is 12.2 Å². The Balaban J connectivity index is 1.36. The van der Waals surface area contributed by atoms with Crippen LogP contribution in [0, 0.1) is 11.7 Å². The zero-order valence-electron chi connectivity index (χ0n) is 23.4. The van der Waals surface area contributed by atoms with Crippen LogP contribution in [-0.4, -0.2) is 77.6 Å². The van der Waals surface area contributed by atoms with Gasteiger partial charge >= 0.3 is 11.8 Å². The number of carbonyl (C=O) groups excluding carboxylic acids is 3. The molecule has 212 valence electrons. The zero-order valence-corrected chi connectivity index (χ0v) is 23.4. The molecule has 2 amide bonds. The highest BCUT2D eigenvalue weighted by molar-refractivity contribution is 6.37. The summed E-state index contributed by atoms with van der Waals surface area (Å²) in [5.74, 6) is -0.892. The lowest BCUT2D eigenvalue weighted by atomic mass is 9.90. The van der Waals surface area contributed by atoms with E-state index in [-0.39, 0.29) is 23.9 Å². The number of hydrogen-bond acceptors (Lipinski definition) is 5. The molecule has 0 unspecified atom stereocenters. The van der Waals surface area contributed by atoms with Crippen LogP contribution in [0.5, 0.6) is 5.75 Å². The summed E-state index contributed by atoms with van der Waals surface area (Å²) in [5.41, 5.74) is 2.56. The first-order valence-electron chi connectivity index (χ1n) is 13.8. The molecule has 2 fully saturated rings. The van der Waals surface area contributed by atoms with Gasteiger partial charge in [0.1, 0.15) is 11.6 Å². The van der Waals surface area contributed by atoms with Crippen molar-refractivity contribution in [2.75, 3.05) is 33.4 Å². The number of fused-ring (bicyclic) bond motifs is 1. The number of nitrogens with zero attached hydrogens (tertiary/aromatic N) is 4. The molecule has 0 N–H and O–H groups in total. The van der Waals surface area contributed by atoms with Gasteiger partial charge in [-0.3, -0.25) is 9.59 Å². The van der Waals surface area contributed by atoms with Crippen LogP contribution in [0.1, 0.15) is 47.4 Å². The first-order chi connectivity index (χ1) is 19.2. The molecule has 1 aromatic heterocycles. The Morgan fingerprint density at radius 1 is 1.07 bits per heavy atom. The monoisotopic (exact) mass is 551 g/mol. The summed E-state index contributed by atoms with van der Waals surface area (Å²) in [7, 11) is 3.29. The summed E-state index contributed by atoms with van der Waals surface area (Å²) in [6.07, 6.45) is 3.93. The predicted molar refractivity (Wildman–Crippen MR) is 146 cm³/mol. The number of hydrogen-bond donors (Lipinski definition) is 0. The number of rotatable bonds is 4. The van der Waals surface area contributed by atoms with Crippen LogP contribution >= 0.6 is 0 Å². The van der Waals surface area contributed by atoms with Gasteiger partial charge in [0, 0.05) is 31.8 Å². The number of benzene rings is 2. The average Bonchev–Trinajstić information content (AvgIpc) is 3.29. The number of methoxy groups -OCH3 is 1. The topological polar surface area (TPSA) is 85.0 Å². The lowest BCUT2D eigenvalue weighted by molar-refractivity contribution is -0.645. The second kappa shape index (κ2) is 11.4. The van der Waals surface area contributed by atoms with Crippen molar-refractivity contribution in [2.45, 2.75) is 45.3 Å². The number of aromatic nitrogens is 2. The highest BCUT2D eigenvalue weighted by Crippen LogP contribution is 2.29. The van der Waals surface area contributed by atoms with Crippen molar-refractivity contribution in [1.82, 2.24) is 14.4 Å². The molecule has 0 bridgehead atoms. The molecule has 2 saturated heterocycles. The molecule has 2 aliphatic rings. The maximum Gasteiger partial charge on any atom is 0.404 e. The van der Waals surface area contributed by atoms with E-state index in [2.05, 4.69) is 0 Å². The Kier molecular flexibility index (Phi) is 7.89. The summed E-state index contributed by atoms with van der Waals surface area (Å²) < 4.78 is 27.5. The van der Waals surface area contributed by atoms with Crippen molar-refractivity contribution >= 4 is 28.8 Å². The Hall–Kier alpha value is -3.79. The lowest BCUT2D eigenvalue weighted by Gasteiger charge is -2.35. The van der Waals surface area contributed by atoms with Crippen molar-refractivity contribution in [2.24, 2.45) is 13.0 Å². The van der Waals surface area contributed by atoms with E-state index < -0.39 is 11.8 Å². The van der Waals surface area contributed by atoms with Crippen LogP contribution in [0.25, 0.3) is 11.0 Å². The molecular weight excluding hydrogens is 515 g/mol. The van der Waals surface area contributed by atoms with Crippen LogP contribution in [0.2, 0.25) is 0 Å². The van der Waals surface area contributed by atoms with Gasteiger partial charge in [-0.2, -0.15) is 4.57 Å². The first kappa shape index (κ1) is 27.8. The summed E-state index contributed by atoms with van der Waals surface area (Å²) in [6, 6.07) is 9.75. The summed E-state index contributed by atoms with van der Waals surface area (Å²) in [6.45, 7) is 5.62. The quantitative estimate of drug-likeness (QED) is 0.368. The van der Waals surface area contributed by atoms with Gasteiger partial charge in [-0.25, -0.2) is 13.8 Å². The van der Waals surface area contributed by atoms with Crippen LogP contribution in [-0.2, 0) is 23.0 Å². The standard InChI is InChI=1S/C30H36FN4O5/c1-19-17-40-20(2)16-34(19)29(37)30(38)35-18-32(3)25-15-27(39-4)24(14-26(25)35)28(36)33-11-9-22(10-12-33)13-21-5-7-23(31)8-6-21/h5-8,14-15,18-20,22H,9-13,16-17H2,1-4H3/q+1/t19-,20+/m0/s1. The van der Waals surface area contributed by atoms with Crippen molar-refractivity contribution in [3.05, 3.63) is 59.7 Å². The number of carbonyl (C=O) groups is 3. The smallest absolute Gasteiger partial charge is 0.404 e. The minimum Gasteiger partial charge on any atom is -0.496 e. The molecular formula is C30H36FN4O5+. The highest BCUT2D eigenvalue weighted by Gasteiger charge is 2.37. The summed E-state index contributed by atoms with van der Waals surface area (Å²) >= 11 is 0. The molecule has 2 aromatic carbocycles. The average molecular weight is 552 g/mol. The number of piperidine rings is 1. The first-order valence-corrected chi connectivity index (χ1v) is 13.8. The lowest BCUT2D eigenvalue weighted by Crippen LogP contribution is -2.53. The van der Waals surface area contributed by atoms with Crippen molar-refractivity contribution < 1.29 is 32.8 Å². The van der Waals surface area contributed by atoms with Gasteiger partial charge in [0.15, 0.2) is 11.0 Å². The van der Waals surface area contributed by atoms with Crippen molar-refractivity contribution in [3.63, 3.8) is 0 Å². The van der Waals surface area contributed by atoms with E-state index >= 15 is 0 Å². The number of halogens is 1. The van der Waals surface area contributed by atoms with Crippen molar-refractivity contribution in [3.8, 4) is 5.75 Å². The molecule has 3 heterocycles. The molecule has 2 atom stereocenters. The van der Waals surface area contributed by atoms with E-state index in [1.165, 1.54) is 23.8 Å². The third-order valence-electron chi connectivity index (χ3n) is 8.07. The van der Waals surface area contributed by atoms with Gasteiger partial charge in [0.2, 0.25) is 0 Å². The van der Waals surface area contributed by atoms with Gasteiger partial charge < -0.3 is 19.3 Å². The van der Waals surface area contributed by atoms with Crippen LogP contribution in [0.15, 0.2) is 42.7 Å². The third kappa shape index (κ3) is 5.45. The van der Waals surface area contributed by atoms with Crippen LogP contribution in [0.4, 0.5) is 4.39 Å². The molecule has 3 aromatic rings. The zero-order chi connectivity index (χ0) is 28.6. The maximum absolute atomic E-state index is 13.7. The van der Waals surface area contributed by atoms with Gasteiger partial charge in [-0.05, 0) is 56.7 Å². The Bertz CT molecular complexity index is 1430. The molecule has 0 spiro atoms. The molecule has 40 heavy (non-hydrogen) atoms. The summed E-state index contributed by atoms with van der Waals surface area (Å²) in [5, 5.41) is 0. The minimum absolute atomic E-state index is 0.154. The predicted octanol–water partition coefficient (Wildman–Crippen LogP) is 2.98. The molecule has 0 aliphatic carbocycles. The molecule has 0 saturated carbocycles. The fourth-order valence-corrected chi connectivity index (χ4v) is 5.71. The van der Waals surface area contributed by atoms with Gasteiger partial charge in [-0.15, -0.1) is 0 Å². The van der Waals surface area contributed by atoms with Crippen molar-refractivity contribution in [1.29, 1.82) is 0 Å². The Morgan fingerprint density at radius 2 is 1.77 bits per heavy atom. The largest absolute Gasteiger partial charge is 0.496 e. The number of aryl methyl sites for hydroxylation is 1. The molecule has 10 heteroatoms. The Morgan fingerprint density at radius 3 is 2.45 bits per heavy atom. The van der Waals surface area contributed by atoms with E-state index in [0.29, 0.717) is 54.5 Å².